The Balaban J connectivity index is -0.000000243. The number of aliphatic hydroxyl groups is 6. The van der Waals surface area contributed by atoms with Crippen LogP contribution < -0.4 is 0 Å². The van der Waals surface area contributed by atoms with Crippen molar-refractivity contribution in [3.05, 3.63) is 0 Å². The third kappa shape index (κ3) is 19.4. The Hall–Kier alpha value is 4.25. The molecule has 0 rings (SSSR count). The summed E-state index contributed by atoms with van der Waals surface area (Å²) >= 11 is 0. The standard InChI is InChI=1S/C12H14O16.2K.4Na.6H/c13-1(7(19)20)3(15)9(23)27-11(25)5(17)6(18)12(26)28-10(24)4(16)2(14)8(21)22;;;;;;;;;;;;/h1-6,13-18H,(H,19,20)(H,21,22);;;;;;;;;;;;. The fourth-order valence-corrected chi connectivity index (χ4v) is 1.23. The van der Waals surface area contributed by atoms with E-state index in [2.05, 4.69) is 9.47 Å². The summed E-state index contributed by atoms with van der Waals surface area (Å²) in [6.45, 7) is 0. The van der Waals surface area contributed by atoms with E-state index in [1.54, 1.807) is 0 Å². The molecule has 0 aliphatic carbocycles. The summed E-state index contributed by atoms with van der Waals surface area (Å²) < 4.78 is 7.44. The molecule has 0 fully saturated rings. The van der Waals surface area contributed by atoms with Crippen molar-refractivity contribution < 1.29 is 79.1 Å². The van der Waals surface area contributed by atoms with Crippen LogP contribution in [0.4, 0.5) is 0 Å². The van der Waals surface area contributed by atoms with E-state index in [0.717, 1.165) is 0 Å². The van der Waals surface area contributed by atoms with Gasteiger partial charge in [0.25, 0.3) is 0 Å². The first-order valence-corrected chi connectivity index (χ1v) is 6.77. The van der Waals surface area contributed by atoms with E-state index in [4.69, 9.17) is 30.6 Å². The van der Waals surface area contributed by atoms with Gasteiger partial charge in [0, 0.05) is 0 Å². The maximum absolute atomic E-state index is 11.4. The Morgan fingerprint density at radius 3 is 0.706 bits per heavy atom. The molecule has 0 aliphatic heterocycles. The monoisotopic (exact) mass is 590 g/mol. The van der Waals surface area contributed by atoms with Crippen LogP contribution in [0.2, 0.25) is 0 Å². The zero-order valence-corrected chi connectivity index (χ0v) is 13.3. The van der Waals surface area contributed by atoms with Crippen molar-refractivity contribution in [2.75, 3.05) is 0 Å². The van der Waals surface area contributed by atoms with Gasteiger partial charge in [-0.15, -0.1) is 0 Å². The van der Waals surface area contributed by atoms with E-state index < -0.39 is 72.4 Å². The molecular formula is C12H20K2Na4O16. The van der Waals surface area contributed by atoms with Gasteiger partial charge in [-0.25, -0.2) is 28.8 Å². The van der Waals surface area contributed by atoms with Crippen LogP contribution >= 0.6 is 0 Å². The second-order valence-corrected chi connectivity index (χ2v) is 4.83. The predicted octanol–water partition coefficient (Wildman–Crippen LogP) is -10.4. The Bertz CT molecular complexity index is 626. The Morgan fingerprint density at radius 1 is 0.412 bits per heavy atom. The van der Waals surface area contributed by atoms with Crippen molar-refractivity contribution in [2.45, 2.75) is 36.6 Å². The molecule has 16 nitrogen and oxygen atoms in total. The fraction of sp³-hybridized carbons (Fsp3) is 0.500. The number of carbonyl (C=O) groups is 6. The van der Waals surface area contributed by atoms with Gasteiger partial charge in [0.1, 0.15) is 0 Å². The van der Waals surface area contributed by atoms with Crippen LogP contribution in [0.25, 0.3) is 0 Å². The summed E-state index contributed by atoms with van der Waals surface area (Å²) in [6.07, 6.45) is -16.9. The third-order valence-corrected chi connectivity index (χ3v) is 2.77. The summed E-state index contributed by atoms with van der Waals surface area (Å²) in [4.78, 5) is 65.8. The zero-order chi connectivity index (χ0) is 22.3. The SMILES string of the molecule is O=C(O)C(O)C(O)C(=O)OC(=O)C(O)C(O)C(=O)OC(=O)C(O)C(O)C(=O)O.[KH].[KH].[NaH].[NaH].[NaH].[NaH]. The second kappa shape index (κ2) is 27.4. The number of aliphatic carboxylic acids is 2. The summed E-state index contributed by atoms with van der Waals surface area (Å²) in [6, 6.07) is 0. The molecule has 0 saturated heterocycles. The van der Waals surface area contributed by atoms with Crippen LogP contribution in [0.3, 0.4) is 0 Å². The van der Waals surface area contributed by atoms with Crippen molar-refractivity contribution in [3.63, 3.8) is 0 Å². The molecule has 0 saturated carbocycles. The first-order valence-electron chi connectivity index (χ1n) is 6.77. The molecule has 0 bridgehead atoms. The Labute approximate surface area is 364 Å². The van der Waals surface area contributed by atoms with Crippen LogP contribution in [0.15, 0.2) is 0 Å². The number of hydrogen-bond acceptors (Lipinski definition) is 14. The first-order chi connectivity index (χ1) is 12.7. The molecule has 0 aliphatic rings. The van der Waals surface area contributed by atoms with Gasteiger partial charge in [-0.3, -0.25) is 0 Å². The number of aliphatic hydroxyl groups excluding tert-OH is 6. The van der Waals surface area contributed by atoms with Crippen molar-refractivity contribution in [2.24, 2.45) is 0 Å². The number of esters is 4. The maximum atomic E-state index is 11.4. The van der Waals surface area contributed by atoms with Gasteiger partial charge in [0.05, 0.1) is 0 Å². The van der Waals surface area contributed by atoms with Crippen LogP contribution in [-0.4, -0.2) is 334 Å². The average molecular weight is 590 g/mol. The topological polar surface area (TPSA) is 283 Å². The first kappa shape index (κ1) is 54.4. The molecule has 0 heterocycles. The quantitative estimate of drug-likeness (QED) is 0.0703. The Morgan fingerprint density at radius 2 is 0.559 bits per heavy atom. The van der Waals surface area contributed by atoms with Crippen molar-refractivity contribution in [1.82, 2.24) is 0 Å². The van der Waals surface area contributed by atoms with E-state index in [9.17, 15) is 39.0 Å². The van der Waals surface area contributed by atoms with E-state index in [1.165, 1.54) is 0 Å². The molecule has 6 unspecified atom stereocenters. The van der Waals surface area contributed by atoms with Gasteiger partial charge in [-0.05, 0) is 0 Å². The minimum atomic E-state index is -2.94. The molecule has 0 amide bonds. The molecule has 0 aromatic heterocycles. The van der Waals surface area contributed by atoms with Crippen molar-refractivity contribution in [3.8, 4) is 0 Å². The Kier molecular flexibility index (Phi) is 43.8. The molecule has 0 radical (unpaired) electrons. The molecule has 0 aromatic carbocycles. The van der Waals surface area contributed by atoms with Crippen LogP contribution in [0.1, 0.15) is 0 Å². The zero-order valence-electron chi connectivity index (χ0n) is 13.3. The van der Waals surface area contributed by atoms with Gasteiger partial charge in [-0.1, -0.05) is 0 Å². The molecule has 34 heavy (non-hydrogen) atoms. The second-order valence-electron chi connectivity index (χ2n) is 4.83. The number of rotatable bonds is 9. The number of carbonyl (C=O) groups excluding carboxylic acids is 4. The van der Waals surface area contributed by atoms with Gasteiger partial charge < -0.3 is 50.3 Å². The molecule has 170 valence electrons. The van der Waals surface area contributed by atoms with Crippen LogP contribution in [0, 0.1) is 0 Å². The normalized spacial score (nSPS) is 14.2. The summed E-state index contributed by atoms with van der Waals surface area (Å²) in [5, 5.41) is 71.3. The fourth-order valence-electron chi connectivity index (χ4n) is 1.23. The van der Waals surface area contributed by atoms with Crippen molar-refractivity contribution in [1.29, 1.82) is 0 Å². The number of carboxylic acid groups (broad SMARTS) is 2. The number of ether oxygens (including phenoxy) is 2. The van der Waals surface area contributed by atoms with Crippen LogP contribution in [0.5, 0.6) is 0 Å². The van der Waals surface area contributed by atoms with Gasteiger partial charge in [0.15, 0.2) is 36.6 Å². The van der Waals surface area contributed by atoms with Crippen LogP contribution in [-0.2, 0) is 38.2 Å². The van der Waals surface area contributed by atoms with E-state index in [1.807, 2.05) is 0 Å². The molecular weight excluding hydrogens is 570 g/mol. The molecule has 22 heteroatoms. The van der Waals surface area contributed by atoms with E-state index in [0.29, 0.717) is 0 Å². The number of carboxylic acids is 2. The summed E-state index contributed by atoms with van der Waals surface area (Å²) in [5.74, 6) is -12.6. The number of hydrogen-bond donors (Lipinski definition) is 8. The minimum absolute atomic E-state index is 0. The van der Waals surface area contributed by atoms with E-state index >= 15 is 0 Å². The molecule has 8 N–H and O–H groups in total. The van der Waals surface area contributed by atoms with Gasteiger partial charge >= 0.3 is 257 Å². The van der Waals surface area contributed by atoms with Crippen molar-refractivity contribution >= 4 is 257 Å². The van der Waals surface area contributed by atoms with Gasteiger partial charge in [-0.2, -0.15) is 0 Å². The van der Waals surface area contributed by atoms with Gasteiger partial charge in [0.2, 0.25) is 0 Å². The molecule has 6 atom stereocenters. The van der Waals surface area contributed by atoms with E-state index in [-0.39, 0.29) is 221 Å². The third-order valence-electron chi connectivity index (χ3n) is 2.77. The molecule has 0 spiro atoms. The summed E-state index contributed by atoms with van der Waals surface area (Å²) in [5.41, 5.74) is 0. The predicted molar refractivity (Wildman–Crippen MR) is 116 cm³/mol. The summed E-state index contributed by atoms with van der Waals surface area (Å²) in [7, 11) is 0. The molecule has 0 aromatic rings. The average Bonchev–Trinajstić information content (AvgIpc) is 2.63.